The summed E-state index contributed by atoms with van der Waals surface area (Å²) in [6, 6.07) is 0. The zero-order valence-electron chi connectivity index (χ0n) is 66.1. The molecule has 4 bridgehead atoms. The number of ether oxygens (including phenoxy) is 10. The van der Waals surface area contributed by atoms with Gasteiger partial charge in [-0.1, -0.05) is 238 Å². The number of fused-ring (bicyclic) bond motifs is 4. The van der Waals surface area contributed by atoms with Crippen molar-refractivity contribution in [3.05, 3.63) is 0 Å². The first-order chi connectivity index (χ1) is 52.5. The highest BCUT2D eigenvalue weighted by atomic mass is 16.7. The van der Waals surface area contributed by atoms with Gasteiger partial charge >= 0.3 is 11.9 Å². The topological polar surface area (TPSA) is 450 Å². The van der Waals surface area contributed by atoms with Crippen LogP contribution in [0.25, 0.3) is 0 Å². The lowest BCUT2D eigenvalue weighted by molar-refractivity contribution is -0.316. The maximum Gasteiger partial charge on any atom is 0.308 e. The molecule has 0 aromatic heterocycles. The Balaban J connectivity index is 0.994. The van der Waals surface area contributed by atoms with Crippen molar-refractivity contribution < 1.29 is 139 Å². The highest BCUT2D eigenvalue weighted by Crippen LogP contribution is 2.33. The largest absolute Gasteiger partial charge is 0.463 e. The van der Waals surface area contributed by atoms with Crippen LogP contribution >= 0.6 is 0 Å². The minimum atomic E-state index is -1.76. The molecule has 0 amide bonds. The molecule has 109 heavy (non-hydrogen) atoms. The first kappa shape index (κ1) is 97.6. The molecule has 0 unspecified atom stereocenters. The molecule has 28 nitrogen and oxygen atoms in total. The van der Waals surface area contributed by atoms with Gasteiger partial charge in [-0.3, -0.25) is 9.59 Å². The Labute approximate surface area is 649 Å². The molecule has 5 aliphatic heterocycles. The van der Waals surface area contributed by atoms with Gasteiger partial charge in [0.25, 0.3) is 0 Å². The van der Waals surface area contributed by atoms with Crippen LogP contribution in [-0.2, 0) is 57.0 Å². The van der Waals surface area contributed by atoms with E-state index in [0.29, 0.717) is 44.9 Å². The maximum atomic E-state index is 13.6. The zero-order chi connectivity index (χ0) is 79.3. The quantitative estimate of drug-likeness (QED) is 0.0216. The van der Waals surface area contributed by atoms with E-state index in [0.717, 1.165) is 193 Å². The van der Waals surface area contributed by atoms with Gasteiger partial charge in [0, 0.05) is 0 Å². The van der Waals surface area contributed by atoms with E-state index < -0.39 is 173 Å². The molecule has 5 fully saturated rings. The monoisotopic (exact) mass is 1570 g/mol. The Morgan fingerprint density at radius 2 is 0.550 bits per heavy atom. The van der Waals surface area contributed by atoms with Gasteiger partial charge in [0.15, 0.2) is 25.2 Å². The summed E-state index contributed by atoms with van der Waals surface area (Å²) in [6.45, 7) is 1.47. The SMILES string of the molecule is C[C@H](O)CCCCC[C@@H](CCCCCCCCCCCCC[C@@H]1CC(=O)OC[C@H]2O[C@@H](O[C@@H](CCCCCCCCCCCCC[C@@H](CCCCCCCCCCCCCC[C@@H](C)O)O[C@H]3O[C@@H](CO)[C@H](O)[C@@H](O)[C@@H]3O)CC(=O)OC[C@H]3O[C@@H](O1)[C@H](O)[C@@H](O)[C@@H]3O)[C@H](O)[C@@H](O)[C@@H]2O)O[C@@H]1O[C@H](CO)[C@@H](O)[C@H](O)[C@H]1O. The third-order valence-corrected chi connectivity index (χ3v) is 22.6. The van der Waals surface area contributed by atoms with Crippen molar-refractivity contribution in [3.8, 4) is 0 Å². The Morgan fingerprint density at radius 1 is 0.303 bits per heavy atom. The minimum Gasteiger partial charge on any atom is -0.463 e. The summed E-state index contributed by atoms with van der Waals surface area (Å²) in [5.74, 6) is -1.54. The number of aliphatic hydroxyl groups excluding tert-OH is 16. The van der Waals surface area contributed by atoms with Crippen LogP contribution in [0.3, 0.4) is 0 Å². The predicted octanol–water partition coefficient (Wildman–Crippen LogP) is 6.94. The summed E-state index contributed by atoms with van der Waals surface area (Å²) < 4.78 is 59.3. The molecule has 26 atom stereocenters. The van der Waals surface area contributed by atoms with Gasteiger partial charge in [0.2, 0.25) is 0 Å². The number of unbranched alkanes of at least 4 members (excludes halogenated alkanes) is 33. The molecule has 642 valence electrons. The minimum absolute atomic E-state index is 0.209. The summed E-state index contributed by atoms with van der Waals surface area (Å²) in [7, 11) is 0. The maximum absolute atomic E-state index is 13.6. The van der Waals surface area contributed by atoms with Crippen LogP contribution in [0.1, 0.15) is 316 Å². The second-order valence-corrected chi connectivity index (χ2v) is 32.3. The first-order valence-electron chi connectivity index (χ1n) is 42.8. The van der Waals surface area contributed by atoms with Crippen molar-refractivity contribution in [2.24, 2.45) is 0 Å². The second kappa shape index (κ2) is 57.1. The summed E-state index contributed by atoms with van der Waals surface area (Å²) in [5, 5.41) is 167. The van der Waals surface area contributed by atoms with Crippen molar-refractivity contribution in [2.45, 2.75) is 475 Å². The van der Waals surface area contributed by atoms with Crippen molar-refractivity contribution in [1.82, 2.24) is 0 Å². The molecule has 28 heteroatoms. The molecule has 5 rings (SSSR count). The van der Waals surface area contributed by atoms with Crippen LogP contribution in [0.2, 0.25) is 0 Å². The highest BCUT2D eigenvalue weighted by Gasteiger charge is 2.50. The Morgan fingerprint density at radius 3 is 0.826 bits per heavy atom. The molecule has 16 N–H and O–H groups in total. The normalized spacial score (nSPS) is 32.9. The molecular weight excluding hydrogens is 1420 g/mol. The van der Waals surface area contributed by atoms with Crippen LogP contribution in [0.4, 0.5) is 0 Å². The Bertz CT molecular complexity index is 2260. The van der Waals surface area contributed by atoms with Crippen molar-refractivity contribution in [3.63, 3.8) is 0 Å². The van der Waals surface area contributed by atoms with Gasteiger partial charge in [0.05, 0.1) is 62.7 Å². The number of aliphatic hydroxyl groups is 16. The standard InChI is InChI=1S/C81H150O28/c1-54(84)40-32-25-19-13-7-3-4-8-14-20-26-34-42-56(102-78-74(96)70(92)66(88)60(50-82)106-78)43-35-27-21-15-9-5-11-17-23-29-37-46-58-48-64(86)100-52-63-69(91)73(95)77(99)81(109-63)105-59(49-65(87)101-53-62-68(90)72(94)76(98)80(104-58)108-62)47-38-30-24-18-12-6-10-16-22-28-36-44-57(45-39-31-33-41-55(2)85)103-79-75(97)71(93)67(89)61(51-83)107-79/h54-63,66-85,88-99H,3-53H2,1-2H3/t54-,55+,56-,57-,58+,59-,60+,61-,62-,63-,66+,67-,68-,69-,70-,71+,72+,73+,74+,75-,76-,77-,78+,79-,80-,81-/m1/s1. The number of cyclic esters (lactones) is 2. The van der Waals surface area contributed by atoms with Gasteiger partial charge in [0.1, 0.15) is 111 Å². The first-order valence-corrected chi connectivity index (χ1v) is 42.8. The van der Waals surface area contributed by atoms with E-state index in [1.807, 2.05) is 6.92 Å². The molecule has 0 saturated carbocycles. The lowest BCUT2D eigenvalue weighted by Crippen LogP contribution is -2.60. The number of esters is 2. The molecule has 0 aliphatic carbocycles. The van der Waals surface area contributed by atoms with E-state index in [1.165, 1.54) is 51.4 Å². The summed E-state index contributed by atoms with van der Waals surface area (Å²) in [4.78, 5) is 27.2. The second-order valence-electron chi connectivity index (χ2n) is 32.3. The van der Waals surface area contributed by atoms with Crippen molar-refractivity contribution >= 4 is 11.9 Å². The van der Waals surface area contributed by atoms with Gasteiger partial charge in [-0.15, -0.1) is 0 Å². The van der Waals surface area contributed by atoms with Crippen molar-refractivity contribution in [2.75, 3.05) is 26.4 Å². The van der Waals surface area contributed by atoms with Crippen LogP contribution in [0.15, 0.2) is 0 Å². The van der Waals surface area contributed by atoms with E-state index in [4.69, 9.17) is 47.4 Å². The predicted molar refractivity (Wildman–Crippen MR) is 403 cm³/mol. The van der Waals surface area contributed by atoms with Gasteiger partial charge in [-0.05, 0) is 65.2 Å². The summed E-state index contributed by atoms with van der Waals surface area (Å²) >= 11 is 0. The molecular formula is C81H150O28. The zero-order valence-corrected chi connectivity index (χ0v) is 66.1. The van der Waals surface area contributed by atoms with Gasteiger partial charge in [-0.25, -0.2) is 0 Å². The smallest absolute Gasteiger partial charge is 0.308 e. The van der Waals surface area contributed by atoms with E-state index in [2.05, 4.69) is 0 Å². The third kappa shape index (κ3) is 38.3. The molecule has 0 spiro atoms. The number of carbonyl (C=O) groups excluding carboxylic acids is 2. The third-order valence-electron chi connectivity index (χ3n) is 22.6. The van der Waals surface area contributed by atoms with Gasteiger partial charge < -0.3 is 129 Å². The van der Waals surface area contributed by atoms with E-state index in [9.17, 15) is 91.3 Å². The average molecular weight is 1570 g/mol. The fourth-order valence-electron chi connectivity index (χ4n) is 15.5. The van der Waals surface area contributed by atoms with Crippen LogP contribution in [0, 0.1) is 0 Å². The summed E-state index contributed by atoms with van der Waals surface area (Å²) in [5.41, 5.74) is 0. The number of carbonyl (C=O) groups is 2. The van der Waals surface area contributed by atoms with Crippen LogP contribution in [0.5, 0.6) is 0 Å². The molecule has 0 aromatic rings. The fraction of sp³-hybridized carbons (Fsp3) is 0.975. The number of hydrogen-bond donors (Lipinski definition) is 16. The highest BCUT2D eigenvalue weighted by molar-refractivity contribution is 5.70. The van der Waals surface area contributed by atoms with E-state index in [1.54, 1.807) is 6.92 Å². The summed E-state index contributed by atoms with van der Waals surface area (Å²) in [6.07, 6.45) is 9.66. The molecule has 0 aromatic carbocycles. The molecule has 5 heterocycles. The number of rotatable bonds is 55. The number of hydrogen-bond acceptors (Lipinski definition) is 28. The van der Waals surface area contributed by atoms with Crippen LogP contribution < -0.4 is 0 Å². The van der Waals surface area contributed by atoms with E-state index >= 15 is 0 Å². The van der Waals surface area contributed by atoms with E-state index in [-0.39, 0.29) is 37.3 Å². The Hall–Kier alpha value is -2.02. The molecule has 5 saturated heterocycles. The lowest BCUT2D eigenvalue weighted by Gasteiger charge is -2.42. The average Bonchev–Trinajstić information content (AvgIpc) is 0.829. The van der Waals surface area contributed by atoms with Gasteiger partial charge in [-0.2, -0.15) is 0 Å². The van der Waals surface area contributed by atoms with Crippen molar-refractivity contribution in [1.29, 1.82) is 0 Å². The van der Waals surface area contributed by atoms with Crippen LogP contribution in [-0.4, -0.2) is 280 Å². The molecule has 5 aliphatic rings. The Kier molecular flexibility index (Phi) is 51.1. The lowest BCUT2D eigenvalue weighted by atomic mass is 9.98. The molecule has 0 radical (unpaired) electrons. The fourth-order valence-corrected chi connectivity index (χ4v) is 15.5.